The minimum absolute atomic E-state index is 0.0521. The average Bonchev–Trinajstić information content (AvgIpc) is 3.53. The first-order valence-electron chi connectivity index (χ1n) is 13.9. The topological polar surface area (TPSA) is 139 Å². The number of nitro groups is 1. The number of non-ortho nitro benzene ring substituents is 1. The van der Waals surface area contributed by atoms with E-state index in [4.69, 9.17) is 16.6 Å². The highest BCUT2D eigenvalue weighted by Crippen LogP contribution is 2.25. The van der Waals surface area contributed by atoms with Crippen molar-refractivity contribution in [1.82, 2.24) is 10.6 Å². The molecule has 4 aromatic carbocycles. The molecule has 5 aromatic rings. The van der Waals surface area contributed by atoms with Gasteiger partial charge in [0.1, 0.15) is 23.0 Å². The van der Waals surface area contributed by atoms with E-state index < -0.39 is 16.7 Å². The summed E-state index contributed by atoms with van der Waals surface area (Å²) in [6.45, 7) is 0.122. The lowest BCUT2D eigenvalue weighted by Crippen LogP contribution is -2.34. The van der Waals surface area contributed by atoms with Gasteiger partial charge in [-0.25, -0.2) is 4.39 Å². The summed E-state index contributed by atoms with van der Waals surface area (Å²) in [5, 5.41) is 22.8. The predicted octanol–water partition coefficient (Wildman–Crippen LogP) is 6.89. The van der Waals surface area contributed by atoms with Crippen LogP contribution in [0.4, 0.5) is 21.5 Å². The van der Waals surface area contributed by atoms with E-state index in [2.05, 4.69) is 21.3 Å². The molecule has 4 N–H and O–H groups in total. The minimum atomic E-state index is -0.565. The number of carbonyl (C=O) groups excluding carboxylic acids is 2. The van der Waals surface area contributed by atoms with Crippen molar-refractivity contribution < 1.29 is 23.3 Å². The van der Waals surface area contributed by atoms with Gasteiger partial charge in [0.25, 0.3) is 17.5 Å². The fraction of sp³-hybridized carbons (Fsp3) is 0.0294. The lowest BCUT2D eigenvalue weighted by Gasteiger charge is -2.13. The molecule has 1 heterocycles. The highest BCUT2D eigenvalue weighted by atomic mass is 32.1. The number of hydrogen-bond donors (Lipinski definition) is 4. The Morgan fingerprint density at radius 2 is 1.57 bits per heavy atom. The lowest BCUT2D eigenvalue weighted by atomic mass is 10.1. The highest BCUT2D eigenvalue weighted by molar-refractivity contribution is 7.80. The Balaban J connectivity index is 1.29. The van der Waals surface area contributed by atoms with Crippen molar-refractivity contribution >= 4 is 52.3 Å². The Bertz CT molecular complexity index is 1910. The average molecular weight is 636 g/mol. The van der Waals surface area contributed by atoms with Crippen LogP contribution in [0.15, 0.2) is 125 Å². The van der Waals surface area contributed by atoms with Crippen LogP contribution in [0.25, 0.3) is 17.4 Å². The Morgan fingerprint density at radius 1 is 0.848 bits per heavy atom. The van der Waals surface area contributed by atoms with E-state index in [9.17, 15) is 24.1 Å². The van der Waals surface area contributed by atoms with Crippen LogP contribution in [-0.2, 0) is 11.3 Å². The zero-order valence-electron chi connectivity index (χ0n) is 24.0. The smallest absolute Gasteiger partial charge is 0.269 e. The molecule has 46 heavy (non-hydrogen) atoms. The van der Waals surface area contributed by atoms with Gasteiger partial charge < -0.3 is 25.7 Å². The van der Waals surface area contributed by atoms with E-state index in [-0.39, 0.29) is 29.5 Å². The Morgan fingerprint density at radius 3 is 2.28 bits per heavy atom. The second-order valence-corrected chi connectivity index (χ2v) is 10.3. The maximum Gasteiger partial charge on any atom is 0.269 e. The number of nitrogens with one attached hydrogen (secondary N) is 4. The molecule has 5 rings (SSSR count). The van der Waals surface area contributed by atoms with Crippen molar-refractivity contribution in [3.8, 4) is 11.3 Å². The summed E-state index contributed by atoms with van der Waals surface area (Å²) >= 11 is 5.36. The van der Waals surface area contributed by atoms with Crippen LogP contribution in [0.5, 0.6) is 0 Å². The summed E-state index contributed by atoms with van der Waals surface area (Å²) < 4.78 is 19.1. The molecule has 0 spiro atoms. The molecule has 0 radical (unpaired) electrons. The van der Waals surface area contributed by atoms with Gasteiger partial charge in [-0.2, -0.15) is 0 Å². The van der Waals surface area contributed by atoms with Gasteiger partial charge in [0.05, 0.1) is 4.92 Å². The van der Waals surface area contributed by atoms with Crippen molar-refractivity contribution in [2.45, 2.75) is 6.54 Å². The molecule has 2 amide bonds. The number of carbonyl (C=O) groups is 2. The molecule has 0 saturated carbocycles. The summed E-state index contributed by atoms with van der Waals surface area (Å²) in [5.41, 5.74) is 2.88. The molecule has 0 aliphatic heterocycles. The zero-order chi connectivity index (χ0) is 32.5. The van der Waals surface area contributed by atoms with Crippen LogP contribution in [0.1, 0.15) is 21.7 Å². The number of nitrogens with zero attached hydrogens (tertiary/aromatic N) is 1. The number of thiocarbonyl (C=S) groups is 1. The van der Waals surface area contributed by atoms with Crippen molar-refractivity contribution in [1.29, 1.82) is 0 Å². The number of anilines is 2. The second-order valence-electron chi connectivity index (χ2n) is 9.85. The normalized spacial score (nSPS) is 10.9. The van der Waals surface area contributed by atoms with Crippen molar-refractivity contribution in [2.24, 2.45) is 0 Å². The standard InChI is InChI=1S/C34H26FN5O5S/c35-25-11-13-26(14-12-25)37-34(46)38-27-8-4-5-22(19-27)21-36-33(42)30(39-32(41)24-6-2-1-3-7-24)20-29-17-18-31(45-29)23-9-15-28(16-10-23)40(43)44/h1-20H,21H2,(H,36,42)(H,39,41)(H2,37,38,46). The van der Waals surface area contributed by atoms with E-state index in [1.807, 2.05) is 6.07 Å². The molecule has 0 bridgehead atoms. The van der Waals surface area contributed by atoms with E-state index in [1.165, 1.54) is 30.3 Å². The number of furan rings is 1. The molecule has 10 nitrogen and oxygen atoms in total. The largest absolute Gasteiger partial charge is 0.457 e. The quantitative estimate of drug-likeness (QED) is 0.0563. The number of nitro benzene ring substituents is 1. The molecule has 0 unspecified atom stereocenters. The summed E-state index contributed by atoms with van der Waals surface area (Å²) in [4.78, 5) is 36.8. The van der Waals surface area contributed by atoms with Crippen LogP contribution in [0.3, 0.4) is 0 Å². The number of hydrogen-bond acceptors (Lipinski definition) is 6. The van der Waals surface area contributed by atoms with Crippen LogP contribution in [0.2, 0.25) is 0 Å². The van der Waals surface area contributed by atoms with E-state index >= 15 is 0 Å². The molecule has 12 heteroatoms. The number of benzene rings is 4. The summed E-state index contributed by atoms with van der Waals surface area (Å²) in [7, 11) is 0. The van der Waals surface area contributed by atoms with Crippen molar-refractivity contribution in [3.63, 3.8) is 0 Å². The first-order valence-corrected chi connectivity index (χ1v) is 14.3. The SMILES string of the molecule is O=C(NCc1cccc(NC(=S)Nc2ccc(F)cc2)c1)C(=Cc1ccc(-c2ccc([N+](=O)[O-])cc2)o1)NC(=O)c1ccccc1. The van der Waals surface area contributed by atoms with Crippen LogP contribution < -0.4 is 21.3 Å². The van der Waals surface area contributed by atoms with Crippen molar-refractivity contribution in [3.05, 3.63) is 154 Å². The van der Waals surface area contributed by atoms with Gasteiger partial charge in [-0.15, -0.1) is 0 Å². The Kier molecular flexibility index (Phi) is 9.90. The van der Waals surface area contributed by atoms with Gasteiger partial charge in [-0.1, -0.05) is 30.3 Å². The third-order valence-electron chi connectivity index (χ3n) is 6.54. The van der Waals surface area contributed by atoms with Crippen LogP contribution in [0, 0.1) is 15.9 Å². The molecule has 230 valence electrons. The van der Waals surface area contributed by atoms with Gasteiger partial charge in [-0.3, -0.25) is 19.7 Å². The molecular weight excluding hydrogens is 609 g/mol. The third-order valence-corrected chi connectivity index (χ3v) is 6.75. The van der Waals surface area contributed by atoms with Gasteiger partial charge in [0.2, 0.25) is 0 Å². The van der Waals surface area contributed by atoms with Gasteiger partial charge in [0, 0.05) is 47.3 Å². The maximum atomic E-state index is 13.4. The summed E-state index contributed by atoms with van der Waals surface area (Å²) in [6.07, 6.45) is 1.41. The van der Waals surface area contributed by atoms with Gasteiger partial charge >= 0.3 is 0 Å². The van der Waals surface area contributed by atoms with Crippen LogP contribution >= 0.6 is 12.2 Å². The molecule has 1 aromatic heterocycles. The van der Waals surface area contributed by atoms with E-state index in [0.717, 1.165) is 5.56 Å². The number of rotatable bonds is 10. The van der Waals surface area contributed by atoms with Gasteiger partial charge in [-0.05, 0) is 90.6 Å². The maximum absolute atomic E-state index is 13.4. The van der Waals surface area contributed by atoms with Crippen LogP contribution in [-0.4, -0.2) is 21.9 Å². The Hall–Kier alpha value is -6.14. The molecule has 0 fully saturated rings. The predicted molar refractivity (Wildman–Crippen MR) is 177 cm³/mol. The highest BCUT2D eigenvalue weighted by Gasteiger charge is 2.16. The van der Waals surface area contributed by atoms with E-state index in [0.29, 0.717) is 33.4 Å². The third kappa shape index (κ3) is 8.49. The molecule has 0 aliphatic carbocycles. The summed E-state index contributed by atoms with van der Waals surface area (Å²) in [5.74, 6) is -0.707. The zero-order valence-corrected chi connectivity index (χ0v) is 24.8. The molecular formula is C34H26FN5O5S. The first kappa shape index (κ1) is 31.3. The molecule has 0 saturated heterocycles. The second kappa shape index (κ2) is 14.6. The summed E-state index contributed by atoms with van der Waals surface area (Å²) in [6, 6.07) is 30.6. The Labute approximate surface area is 268 Å². The minimum Gasteiger partial charge on any atom is -0.457 e. The lowest BCUT2D eigenvalue weighted by molar-refractivity contribution is -0.384. The van der Waals surface area contributed by atoms with E-state index in [1.54, 1.807) is 84.9 Å². The monoisotopic (exact) mass is 635 g/mol. The van der Waals surface area contributed by atoms with Crippen molar-refractivity contribution in [2.75, 3.05) is 10.6 Å². The van der Waals surface area contributed by atoms with Gasteiger partial charge in [0.15, 0.2) is 5.11 Å². The fourth-order valence-electron chi connectivity index (χ4n) is 4.28. The number of halogens is 1. The fourth-order valence-corrected chi connectivity index (χ4v) is 4.52. The first-order chi connectivity index (χ1) is 22.2. The number of amides is 2. The molecule has 0 aliphatic rings. The molecule has 0 atom stereocenters.